The molecule has 1 saturated heterocycles. The van der Waals surface area contributed by atoms with E-state index in [1.54, 1.807) is 0 Å². The Morgan fingerprint density at radius 2 is 2.10 bits per heavy atom. The summed E-state index contributed by atoms with van der Waals surface area (Å²) in [6, 6.07) is 8.13. The van der Waals surface area contributed by atoms with Crippen molar-refractivity contribution in [3.8, 4) is 0 Å². The molecule has 0 saturated carbocycles. The van der Waals surface area contributed by atoms with E-state index in [4.69, 9.17) is 5.11 Å². The van der Waals surface area contributed by atoms with Crippen molar-refractivity contribution in [3.05, 3.63) is 36.0 Å². The maximum absolute atomic E-state index is 12.3. The Morgan fingerprint density at radius 1 is 1.30 bits per heavy atom. The van der Waals surface area contributed by atoms with Gasteiger partial charge in [-0.05, 0) is 47.9 Å². The van der Waals surface area contributed by atoms with Crippen molar-refractivity contribution in [3.63, 3.8) is 0 Å². The average Bonchev–Trinajstić information content (AvgIpc) is 2.95. The molecule has 20 heavy (non-hydrogen) atoms. The van der Waals surface area contributed by atoms with Gasteiger partial charge in [0.05, 0.1) is 6.42 Å². The van der Waals surface area contributed by atoms with Gasteiger partial charge in [-0.3, -0.25) is 4.79 Å². The van der Waals surface area contributed by atoms with Crippen LogP contribution in [-0.4, -0.2) is 40.6 Å². The third kappa shape index (κ3) is 2.70. The van der Waals surface area contributed by atoms with Crippen molar-refractivity contribution in [2.24, 2.45) is 5.92 Å². The lowest BCUT2D eigenvalue weighted by molar-refractivity contribution is -0.132. The first-order chi connectivity index (χ1) is 9.76. The van der Waals surface area contributed by atoms with E-state index in [0.29, 0.717) is 12.3 Å². The molecule has 1 aromatic heterocycles. The summed E-state index contributed by atoms with van der Waals surface area (Å²) in [6.45, 7) is 1.79. The van der Waals surface area contributed by atoms with Crippen LogP contribution in [0.4, 0.5) is 0 Å². The first-order valence-corrected chi connectivity index (χ1v) is 7.21. The molecule has 1 aliphatic rings. The fraction of sp³-hybridized carbons (Fsp3) is 0.438. The number of piperidine rings is 1. The van der Waals surface area contributed by atoms with E-state index in [2.05, 4.69) is 11.1 Å². The maximum Gasteiger partial charge on any atom is 0.226 e. The number of carbonyl (C=O) groups excluding carboxylic acids is 1. The van der Waals surface area contributed by atoms with Crippen LogP contribution in [0.5, 0.6) is 0 Å². The normalized spacial score (nSPS) is 16.8. The van der Waals surface area contributed by atoms with Crippen LogP contribution in [0.25, 0.3) is 10.9 Å². The number of hydrogen-bond acceptors (Lipinski definition) is 2. The Morgan fingerprint density at radius 3 is 2.85 bits per heavy atom. The van der Waals surface area contributed by atoms with Gasteiger partial charge in [0.1, 0.15) is 0 Å². The molecular weight excluding hydrogens is 252 g/mol. The van der Waals surface area contributed by atoms with Gasteiger partial charge in [0.2, 0.25) is 5.91 Å². The van der Waals surface area contributed by atoms with Crippen LogP contribution in [-0.2, 0) is 11.2 Å². The summed E-state index contributed by atoms with van der Waals surface area (Å²) in [5.74, 6) is 0.562. The number of nitrogens with zero attached hydrogens (tertiary/aromatic N) is 1. The molecule has 3 rings (SSSR count). The largest absolute Gasteiger partial charge is 0.396 e. The molecule has 0 atom stereocenters. The monoisotopic (exact) mass is 272 g/mol. The van der Waals surface area contributed by atoms with Crippen LogP contribution in [0.1, 0.15) is 18.4 Å². The van der Waals surface area contributed by atoms with Crippen molar-refractivity contribution in [1.29, 1.82) is 0 Å². The second-order valence-electron chi connectivity index (χ2n) is 5.58. The summed E-state index contributed by atoms with van der Waals surface area (Å²) < 4.78 is 0. The van der Waals surface area contributed by atoms with E-state index in [-0.39, 0.29) is 12.5 Å². The molecule has 1 aromatic carbocycles. The number of benzene rings is 1. The van der Waals surface area contributed by atoms with Crippen molar-refractivity contribution >= 4 is 16.8 Å². The molecule has 106 valence electrons. The van der Waals surface area contributed by atoms with Gasteiger partial charge >= 0.3 is 0 Å². The topological polar surface area (TPSA) is 56.3 Å². The third-order valence-corrected chi connectivity index (χ3v) is 4.20. The fourth-order valence-corrected chi connectivity index (χ4v) is 2.86. The highest BCUT2D eigenvalue weighted by atomic mass is 16.3. The smallest absolute Gasteiger partial charge is 0.226 e. The molecule has 0 unspecified atom stereocenters. The van der Waals surface area contributed by atoms with Crippen LogP contribution in [0.2, 0.25) is 0 Å². The average molecular weight is 272 g/mol. The Hall–Kier alpha value is -1.81. The number of aromatic amines is 1. The number of carbonyl (C=O) groups is 1. The number of aromatic nitrogens is 1. The Kier molecular flexibility index (Phi) is 3.74. The summed E-state index contributed by atoms with van der Waals surface area (Å²) in [7, 11) is 0. The molecule has 0 spiro atoms. The number of aliphatic hydroxyl groups is 1. The third-order valence-electron chi connectivity index (χ3n) is 4.20. The quantitative estimate of drug-likeness (QED) is 0.897. The van der Waals surface area contributed by atoms with Gasteiger partial charge in [0, 0.05) is 31.4 Å². The van der Waals surface area contributed by atoms with Gasteiger partial charge in [0.15, 0.2) is 0 Å². The Balaban J connectivity index is 1.63. The summed E-state index contributed by atoms with van der Waals surface area (Å²) in [5, 5.41) is 10.3. The molecule has 4 nitrogen and oxygen atoms in total. The maximum atomic E-state index is 12.3. The second kappa shape index (κ2) is 5.67. The van der Waals surface area contributed by atoms with Gasteiger partial charge in [-0.1, -0.05) is 6.07 Å². The van der Waals surface area contributed by atoms with Crippen molar-refractivity contribution in [2.45, 2.75) is 19.3 Å². The zero-order chi connectivity index (χ0) is 13.9. The molecule has 0 aliphatic carbocycles. The van der Waals surface area contributed by atoms with Crippen LogP contribution in [0.15, 0.2) is 30.5 Å². The molecule has 0 bridgehead atoms. The highest BCUT2D eigenvalue weighted by Gasteiger charge is 2.22. The summed E-state index contributed by atoms with van der Waals surface area (Å²) in [5.41, 5.74) is 2.16. The number of fused-ring (bicyclic) bond motifs is 1. The highest BCUT2D eigenvalue weighted by molar-refractivity contribution is 5.83. The summed E-state index contributed by atoms with van der Waals surface area (Å²) >= 11 is 0. The number of nitrogens with one attached hydrogen (secondary N) is 1. The minimum Gasteiger partial charge on any atom is -0.396 e. The molecule has 1 fully saturated rings. The minimum atomic E-state index is 0.191. The number of likely N-dealkylation sites (tertiary alicyclic amines) is 1. The lowest BCUT2D eigenvalue weighted by atomic mass is 9.97. The van der Waals surface area contributed by atoms with E-state index >= 15 is 0 Å². The van der Waals surface area contributed by atoms with Crippen molar-refractivity contribution in [2.75, 3.05) is 19.7 Å². The number of amides is 1. The minimum absolute atomic E-state index is 0.191. The van der Waals surface area contributed by atoms with E-state index in [1.165, 1.54) is 0 Å². The van der Waals surface area contributed by atoms with Crippen LogP contribution in [0.3, 0.4) is 0 Å². The van der Waals surface area contributed by atoms with Gasteiger partial charge in [-0.25, -0.2) is 0 Å². The first-order valence-electron chi connectivity index (χ1n) is 7.21. The number of aliphatic hydroxyl groups excluding tert-OH is 1. The lowest BCUT2D eigenvalue weighted by Gasteiger charge is -2.31. The van der Waals surface area contributed by atoms with Crippen molar-refractivity contribution in [1.82, 2.24) is 9.88 Å². The molecule has 1 aliphatic heterocycles. The van der Waals surface area contributed by atoms with Crippen LogP contribution in [0, 0.1) is 5.92 Å². The molecule has 2 N–H and O–H groups in total. The van der Waals surface area contributed by atoms with Gasteiger partial charge < -0.3 is 15.0 Å². The Labute approximate surface area is 118 Å². The summed E-state index contributed by atoms with van der Waals surface area (Å²) in [6.07, 6.45) is 4.21. The number of H-pyrrole nitrogens is 1. The summed E-state index contributed by atoms with van der Waals surface area (Å²) in [4.78, 5) is 17.4. The molecule has 0 radical (unpaired) electrons. The lowest BCUT2D eigenvalue weighted by Crippen LogP contribution is -2.40. The number of rotatable bonds is 3. The second-order valence-corrected chi connectivity index (χ2v) is 5.58. The van der Waals surface area contributed by atoms with Gasteiger partial charge in [-0.2, -0.15) is 0 Å². The predicted octanol–water partition coefficient (Wildman–Crippen LogP) is 1.94. The van der Waals surface area contributed by atoms with Gasteiger partial charge in [-0.15, -0.1) is 0 Å². The van der Waals surface area contributed by atoms with E-state index in [0.717, 1.165) is 42.4 Å². The van der Waals surface area contributed by atoms with Gasteiger partial charge in [0.25, 0.3) is 0 Å². The van der Waals surface area contributed by atoms with Crippen LogP contribution < -0.4 is 0 Å². The zero-order valence-corrected chi connectivity index (χ0v) is 11.5. The highest BCUT2D eigenvalue weighted by Crippen LogP contribution is 2.19. The van der Waals surface area contributed by atoms with Crippen molar-refractivity contribution < 1.29 is 9.90 Å². The van der Waals surface area contributed by atoms with E-state index in [1.807, 2.05) is 29.3 Å². The first kappa shape index (κ1) is 13.2. The van der Waals surface area contributed by atoms with E-state index in [9.17, 15) is 4.79 Å². The Bertz CT molecular complexity index is 597. The predicted molar refractivity (Wildman–Crippen MR) is 78.4 cm³/mol. The zero-order valence-electron chi connectivity index (χ0n) is 11.5. The van der Waals surface area contributed by atoms with E-state index < -0.39 is 0 Å². The molecule has 2 aromatic rings. The van der Waals surface area contributed by atoms with Crippen LogP contribution >= 0.6 is 0 Å². The SMILES string of the molecule is O=C(Cc1ccc2[nH]ccc2c1)N1CCC(CO)CC1. The molecule has 1 amide bonds. The molecule has 4 heteroatoms. The molecular formula is C16H20N2O2. The number of hydrogen-bond donors (Lipinski definition) is 2. The molecule has 2 heterocycles. The fourth-order valence-electron chi connectivity index (χ4n) is 2.86. The standard InChI is InChI=1S/C16H20N2O2/c19-11-12-4-7-18(8-5-12)16(20)10-13-1-2-15-14(9-13)3-6-17-15/h1-3,6,9,12,17,19H,4-5,7-8,10-11H2.